The molecule has 3 aliphatic carbocycles. The molecular formula is C30H52O2. The number of rotatable bonds is 7. The van der Waals surface area contributed by atoms with E-state index in [1.807, 2.05) is 0 Å². The van der Waals surface area contributed by atoms with Gasteiger partial charge in [-0.3, -0.25) is 0 Å². The molecule has 0 aromatic heterocycles. The van der Waals surface area contributed by atoms with Gasteiger partial charge in [0.1, 0.15) is 0 Å². The lowest BCUT2D eigenvalue weighted by atomic mass is 9.42. The van der Waals surface area contributed by atoms with E-state index in [1.165, 1.54) is 30.4 Å². The summed E-state index contributed by atoms with van der Waals surface area (Å²) in [5, 5.41) is 22.5. The number of aliphatic hydroxyl groups is 2. The molecule has 184 valence electrons. The van der Waals surface area contributed by atoms with E-state index in [-0.39, 0.29) is 16.9 Å². The van der Waals surface area contributed by atoms with E-state index in [2.05, 4.69) is 67.5 Å². The maximum atomic E-state index is 11.7. The van der Waals surface area contributed by atoms with Crippen LogP contribution < -0.4 is 0 Å². The van der Waals surface area contributed by atoms with Crippen molar-refractivity contribution in [3.05, 3.63) is 23.3 Å². The molecule has 0 heterocycles. The molecule has 2 nitrogen and oxygen atoms in total. The Morgan fingerprint density at radius 1 is 0.875 bits per heavy atom. The van der Waals surface area contributed by atoms with Crippen molar-refractivity contribution in [2.75, 3.05) is 0 Å². The van der Waals surface area contributed by atoms with Gasteiger partial charge >= 0.3 is 0 Å². The Balaban J connectivity index is 1.69. The average molecular weight is 445 g/mol. The third kappa shape index (κ3) is 4.65. The van der Waals surface area contributed by atoms with Crippen LogP contribution in [0.2, 0.25) is 0 Å². The monoisotopic (exact) mass is 444 g/mol. The zero-order chi connectivity index (χ0) is 23.9. The number of hydrogen-bond donors (Lipinski definition) is 2. The maximum absolute atomic E-state index is 11.7. The van der Waals surface area contributed by atoms with Gasteiger partial charge in [-0.25, -0.2) is 0 Å². The first kappa shape index (κ1) is 26.0. The highest BCUT2D eigenvalue weighted by Crippen LogP contribution is 2.71. The summed E-state index contributed by atoms with van der Waals surface area (Å²) in [5.74, 6) is 1.64. The van der Waals surface area contributed by atoms with E-state index in [1.54, 1.807) is 0 Å². The summed E-state index contributed by atoms with van der Waals surface area (Å²) < 4.78 is 0. The lowest BCUT2D eigenvalue weighted by molar-refractivity contribution is -0.180. The Kier molecular flexibility index (Phi) is 7.49. The molecule has 32 heavy (non-hydrogen) atoms. The molecule has 0 saturated heterocycles. The van der Waals surface area contributed by atoms with Crippen LogP contribution in [0.15, 0.2) is 23.3 Å². The molecule has 0 amide bonds. The van der Waals surface area contributed by atoms with Gasteiger partial charge in [-0.1, -0.05) is 51.0 Å². The summed E-state index contributed by atoms with van der Waals surface area (Å²) in [4.78, 5) is 0. The predicted molar refractivity (Wildman–Crippen MR) is 136 cm³/mol. The third-order valence-electron chi connectivity index (χ3n) is 10.6. The van der Waals surface area contributed by atoms with Crippen molar-refractivity contribution >= 4 is 0 Å². The van der Waals surface area contributed by atoms with Gasteiger partial charge in [-0.2, -0.15) is 0 Å². The van der Waals surface area contributed by atoms with Gasteiger partial charge in [0.15, 0.2) is 0 Å². The quantitative estimate of drug-likeness (QED) is 0.393. The van der Waals surface area contributed by atoms with Crippen LogP contribution >= 0.6 is 0 Å². The second-order valence-corrected chi connectivity index (χ2v) is 13.4. The Hall–Kier alpha value is -0.600. The van der Waals surface area contributed by atoms with E-state index >= 15 is 0 Å². The van der Waals surface area contributed by atoms with Gasteiger partial charge in [-0.05, 0) is 126 Å². The SMILES string of the molecule is CC(C)=CCC/C(C)=C/CCC(C)(O)C1CCC2C1(C)CCC1C(C)(C)C(O)CCC12C. The largest absolute Gasteiger partial charge is 0.393 e. The Morgan fingerprint density at radius 3 is 2.19 bits per heavy atom. The predicted octanol–water partition coefficient (Wildman–Crippen LogP) is 7.84. The van der Waals surface area contributed by atoms with Crippen molar-refractivity contribution in [3.8, 4) is 0 Å². The van der Waals surface area contributed by atoms with E-state index in [0.717, 1.165) is 44.9 Å². The summed E-state index contributed by atoms with van der Waals surface area (Å²) >= 11 is 0. The molecule has 0 spiro atoms. The van der Waals surface area contributed by atoms with Crippen LogP contribution in [0.5, 0.6) is 0 Å². The van der Waals surface area contributed by atoms with Crippen molar-refractivity contribution in [2.45, 2.75) is 131 Å². The maximum Gasteiger partial charge on any atom is 0.0656 e. The van der Waals surface area contributed by atoms with E-state index < -0.39 is 5.60 Å². The minimum absolute atomic E-state index is 0.00274. The smallest absolute Gasteiger partial charge is 0.0656 e. The first-order chi connectivity index (χ1) is 14.7. The molecule has 3 aliphatic rings. The molecule has 0 bridgehead atoms. The van der Waals surface area contributed by atoms with Crippen molar-refractivity contribution in [1.29, 1.82) is 0 Å². The second kappa shape index (κ2) is 9.21. The first-order valence-corrected chi connectivity index (χ1v) is 13.4. The van der Waals surface area contributed by atoms with Gasteiger partial charge in [0, 0.05) is 0 Å². The number of hydrogen-bond acceptors (Lipinski definition) is 2. The highest BCUT2D eigenvalue weighted by Gasteiger charge is 2.65. The fraction of sp³-hybridized carbons (Fsp3) is 0.867. The molecule has 0 aromatic rings. The standard InChI is InChI=1S/C30H52O2/c1-21(2)11-9-12-22(3)13-10-18-30(8,32)25-15-14-24-28(6)20-17-26(31)27(4,5)23(28)16-19-29(24,25)7/h11,13,23-26,31-32H,9-10,12,14-20H2,1-8H3/b22-13+. The number of fused-ring (bicyclic) bond motifs is 3. The lowest BCUT2D eigenvalue weighted by Crippen LogP contribution is -2.59. The second-order valence-electron chi connectivity index (χ2n) is 13.4. The topological polar surface area (TPSA) is 40.5 Å². The fourth-order valence-electron chi connectivity index (χ4n) is 8.81. The van der Waals surface area contributed by atoms with Crippen molar-refractivity contribution < 1.29 is 10.2 Å². The van der Waals surface area contributed by atoms with E-state index in [0.29, 0.717) is 23.2 Å². The summed E-state index contributed by atoms with van der Waals surface area (Å²) in [6, 6.07) is 0. The lowest BCUT2D eigenvalue weighted by Gasteiger charge is -2.63. The fourth-order valence-corrected chi connectivity index (χ4v) is 8.81. The molecule has 0 aliphatic heterocycles. The molecule has 7 unspecified atom stereocenters. The number of allylic oxidation sites excluding steroid dienone is 4. The molecule has 0 radical (unpaired) electrons. The summed E-state index contributed by atoms with van der Waals surface area (Å²) in [5.41, 5.74) is 2.75. The third-order valence-corrected chi connectivity index (χ3v) is 10.6. The van der Waals surface area contributed by atoms with E-state index in [9.17, 15) is 10.2 Å². The molecule has 2 heteroatoms. The van der Waals surface area contributed by atoms with Crippen LogP contribution in [0.3, 0.4) is 0 Å². The Labute approximate surface area is 199 Å². The van der Waals surface area contributed by atoms with Crippen molar-refractivity contribution in [1.82, 2.24) is 0 Å². The molecule has 3 rings (SSSR count). The zero-order valence-electron chi connectivity index (χ0n) is 22.4. The molecule has 2 N–H and O–H groups in total. The van der Waals surface area contributed by atoms with Gasteiger partial charge in [0.05, 0.1) is 11.7 Å². The first-order valence-electron chi connectivity index (χ1n) is 13.4. The number of aliphatic hydroxyl groups excluding tert-OH is 1. The summed E-state index contributed by atoms with van der Waals surface area (Å²) in [6.45, 7) is 18.3. The summed E-state index contributed by atoms with van der Waals surface area (Å²) in [7, 11) is 0. The van der Waals surface area contributed by atoms with Crippen LogP contribution in [-0.2, 0) is 0 Å². The average Bonchev–Trinajstić information content (AvgIpc) is 3.04. The van der Waals surface area contributed by atoms with Gasteiger partial charge in [0.25, 0.3) is 0 Å². The molecular weight excluding hydrogens is 392 g/mol. The van der Waals surface area contributed by atoms with Crippen LogP contribution in [0.25, 0.3) is 0 Å². The van der Waals surface area contributed by atoms with Crippen molar-refractivity contribution in [2.24, 2.45) is 34.0 Å². The minimum atomic E-state index is -0.604. The Morgan fingerprint density at radius 2 is 1.53 bits per heavy atom. The Bertz CT molecular complexity index is 725. The van der Waals surface area contributed by atoms with Crippen molar-refractivity contribution in [3.63, 3.8) is 0 Å². The van der Waals surface area contributed by atoms with Gasteiger partial charge in [-0.15, -0.1) is 0 Å². The summed E-state index contributed by atoms with van der Waals surface area (Å²) in [6.07, 6.45) is 15.5. The highest BCUT2D eigenvalue weighted by atomic mass is 16.3. The normalized spacial score (nSPS) is 40.9. The van der Waals surface area contributed by atoms with Crippen LogP contribution in [0, 0.1) is 34.0 Å². The molecule has 0 aromatic carbocycles. The zero-order valence-corrected chi connectivity index (χ0v) is 22.4. The molecule has 7 atom stereocenters. The molecule has 3 saturated carbocycles. The van der Waals surface area contributed by atoms with Crippen LogP contribution in [-0.4, -0.2) is 21.9 Å². The molecule has 3 fully saturated rings. The van der Waals surface area contributed by atoms with Gasteiger partial charge < -0.3 is 10.2 Å². The van der Waals surface area contributed by atoms with Crippen LogP contribution in [0.1, 0.15) is 120 Å². The van der Waals surface area contributed by atoms with Gasteiger partial charge in [0.2, 0.25) is 0 Å². The van der Waals surface area contributed by atoms with E-state index in [4.69, 9.17) is 0 Å². The van der Waals surface area contributed by atoms with Crippen LogP contribution in [0.4, 0.5) is 0 Å². The highest BCUT2D eigenvalue weighted by molar-refractivity contribution is 5.15. The minimum Gasteiger partial charge on any atom is -0.393 e.